The number of nitrogens with zero attached hydrogens (tertiary/aromatic N) is 1. The van der Waals surface area contributed by atoms with Crippen LogP contribution in [0.1, 0.15) is 46.5 Å². The molecule has 0 aromatic rings. The Hall–Kier alpha value is -0.120. The van der Waals surface area contributed by atoms with Crippen molar-refractivity contribution < 1.29 is 5.11 Å². The van der Waals surface area contributed by atoms with Gasteiger partial charge >= 0.3 is 0 Å². The number of hydrogen-bond acceptors (Lipinski definition) is 3. The van der Waals surface area contributed by atoms with Crippen molar-refractivity contribution in [3.05, 3.63) is 0 Å². The van der Waals surface area contributed by atoms with Crippen LogP contribution in [0.4, 0.5) is 0 Å². The zero-order chi connectivity index (χ0) is 13.1. The second kappa shape index (κ2) is 6.17. The van der Waals surface area contributed by atoms with E-state index in [9.17, 15) is 5.11 Å². The van der Waals surface area contributed by atoms with E-state index in [2.05, 4.69) is 32.7 Å². The third kappa shape index (κ3) is 3.94. The summed E-state index contributed by atoms with van der Waals surface area (Å²) in [5.74, 6) is 1.44. The second-order valence-corrected chi connectivity index (χ2v) is 6.36. The van der Waals surface area contributed by atoms with Gasteiger partial charge in [0.1, 0.15) is 0 Å². The lowest BCUT2D eigenvalue weighted by molar-refractivity contribution is 0.0517. The Morgan fingerprint density at radius 3 is 2.53 bits per heavy atom. The molecule has 1 rings (SSSR count). The number of aliphatic hydroxyl groups excluding tert-OH is 1. The first kappa shape index (κ1) is 14.9. The molecular weight excluding hydrogens is 212 g/mol. The van der Waals surface area contributed by atoms with Crippen molar-refractivity contribution in [2.75, 3.05) is 20.2 Å². The highest BCUT2D eigenvalue weighted by Gasteiger charge is 2.31. The Kier molecular flexibility index (Phi) is 5.42. The molecule has 3 N–H and O–H groups in total. The van der Waals surface area contributed by atoms with Crippen LogP contribution in [0.15, 0.2) is 0 Å². The summed E-state index contributed by atoms with van der Waals surface area (Å²) in [5, 5.41) is 9.39. The maximum Gasteiger partial charge on any atom is 0.0609 e. The lowest BCUT2D eigenvalue weighted by atomic mass is 9.77. The summed E-state index contributed by atoms with van der Waals surface area (Å²) < 4.78 is 0. The Balaban J connectivity index is 2.54. The van der Waals surface area contributed by atoms with Crippen LogP contribution in [0.5, 0.6) is 0 Å². The normalized spacial score (nSPS) is 30.9. The molecule has 0 aliphatic heterocycles. The Morgan fingerprint density at radius 1 is 1.35 bits per heavy atom. The molecule has 17 heavy (non-hydrogen) atoms. The van der Waals surface area contributed by atoms with Crippen LogP contribution < -0.4 is 5.73 Å². The van der Waals surface area contributed by atoms with Gasteiger partial charge in [0.15, 0.2) is 0 Å². The van der Waals surface area contributed by atoms with E-state index in [1.807, 2.05) is 0 Å². The fourth-order valence-corrected chi connectivity index (χ4v) is 2.68. The largest absolute Gasteiger partial charge is 0.394 e. The Labute approximate surface area is 106 Å². The molecule has 0 saturated heterocycles. The van der Waals surface area contributed by atoms with Gasteiger partial charge in [-0.05, 0) is 52.0 Å². The predicted octanol–water partition coefficient (Wildman–Crippen LogP) is 1.84. The maximum atomic E-state index is 9.39. The van der Waals surface area contributed by atoms with Crippen molar-refractivity contribution >= 4 is 0 Å². The molecule has 1 fully saturated rings. The van der Waals surface area contributed by atoms with Crippen LogP contribution in [0.25, 0.3) is 0 Å². The molecule has 0 spiro atoms. The van der Waals surface area contributed by atoms with Crippen LogP contribution >= 0.6 is 0 Å². The molecule has 102 valence electrons. The zero-order valence-electron chi connectivity index (χ0n) is 11.9. The van der Waals surface area contributed by atoms with Crippen molar-refractivity contribution in [1.29, 1.82) is 0 Å². The van der Waals surface area contributed by atoms with E-state index < -0.39 is 0 Å². The minimum atomic E-state index is -0.140. The van der Waals surface area contributed by atoms with Crippen molar-refractivity contribution in [2.45, 2.75) is 58.0 Å². The molecule has 3 heteroatoms. The Morgan fingerprint density at radius 2 is 2.00 bits per heavy atom. The zero-order valence-corrected chi connectivity index (χ0v) is 11.9. The lowest BCUT2D eigenvalue weighted by Gasteiger charge is -2.41. The molecule has 3 unspecified atom stereocenters. The van der Waals surface area contributed by atoms with Gasteiger partial charge < -0.3 is 10.8 Å². The van der Waals surface area contributed by atoms with E-state index in [1.165, 1.54) is 19.3 Å². The molecule has 0 bridgehead atoms. The minimum Gasteiger partial charge on any atom is -0.394 e. The van der Waals surface area contributed by atoms with Crippen LogP contribution in [-0.2, 0) is 0 Å². The number of hydrogen-bond donors (Lipinski definition) is 2. The maximum absolute atomic E-state index is 9.39. The average Bonchev–Trinajstić information content (AvgIpc) is 2.31. The first-order chi connectivity index (χ1) is 7.90. The molecule has 3 atom stereocenters. The monoisotopic (exact) mass is 242 g/mol. The van der Waals surface area contributed by atoms with E-state index in [0.29, 0.717) is 12.0 Å². The second-order valence-electron chi connectivity index (χ2n) is 6.36. The van der Waals surface area contributed by atoms with Gasteiger partial charge in [-0.1, -0.05) is 13.3 Å². The van der Waals surface area contributed by atoms with Crippen molar-refractivity contribution in [2.24, 2.45) is 17.6 Å². The molecule has 0 radical (unpaired) electrons. The number of likely N-dealkylation sites (N-methyl/N-ethyl adjacent to an activating group) is 1. The van der Waals surface area contributed by atoms with Crippen molar-refractivity contribution in [3.63, 3.8) is 0 Å². The molecule has 1 aliphatic carbocycles. The summed E-state index contributed by atoms with van der Waals surface area (Å²) >= 11 is 0. The summed E-state index contributed by atoms with van der Waals surface area (Å²) in [6.45, 7) is 7.64. The van der Waals surface area contributed by atoms with Gasteiger partial charge in [0.05, 0.1) is 6.61 Å². The quantitative estimate of drug-likeness (QED) is 0.773. The molecule has 1 aliphatic rings. The smallest absolute Gasteiger partial charge is 0.0609 e. The lowest BCUT2D eigenvalue weighted by Crippen LogP contribution is -2.50. The molecular formula is C14H30N2O. The standard InChI is InChI=1S/C14H30N2O/c1-5-11-6-7-13(15)12(8-11)9-16(4)14(2,3)10-17/h11-13,17H,5-10,15H2,1-4H3. The van der Waals surface area contributed by atoms with Crippen molar-refractivity contribution in [3.8, 4) is 0 Å². The summed E-state index contributed by atoms with van der Waals surface area (Å²) in [4.78, 5) is 2.26. The first-order valence-electron chi connectivity index (χ1n) is 6.98. The van der Waals surface area contributed by atoms with Gasteiger partial charge in [-0.2, -0.15) is 0 Å². The highest BCUT2D eigenvalue weighted by Crippen LogP contribution is 2.31. The van der Waals surface area contributed by atoms with Crippen LogP contribution in [-0.4, -0.2) is 41.8 Å². The average molecular weight is 242 g/mol. The van der Waals surface area contributed by atoms with Gasteiger partial charge in [-0.25, -0.2) is 0 Å². The van der Waals surface area contributed by atoms with Gasteiger partial charge in [0.2, 0.25) is 0 Å². The number of nitrogens with two attached hydrogens (primary N) is 1. The molecule has 3 nitrogen and oxygen atoms in total. The minimum absolute atomic E-state index is 0.140. The van der Waals surface area contributed by atoms with Crippen molar-refractivity contribution in [1.82, 2.24) is 4.90 Å². The fraction of sp³-hybridized carbons (Fsp3) is 1.00. The summed E-state index contributed by atoms with van der Waals surface area (Å²) in [6.07, 6.45) is 4.98. The van der Waals surface area contributed by atoms with Gasteiger partial charge in [0, 0.05) is 18.1 Å². The highest BCUT2D eigenvalue weighted by atomic mass is 16.3. The first-order valence-corrected chi connectivity index (χ1v) is 6.98. The van der Waals surface area contributed by atoms with E-state index in [-0.39, 0.29) is 12.1 Å². The highest BCUT2D eigenvalue weighted by molar-refractivity contribution is 4.87. The third-order valence-electron chi connectivity index (χ3n) is 4.66. The third-order valence-corrected chi connectivity index (χ3v) is 4.66. The molecule has 0 heterocycles. The molecule has 0 amide bonds. The molecule has 1 saturated carbocycles. The molecule has 0 aromatic carbocycles. The number of rotatable bonds is 5. The summed E-state index contributed by atoms with van der Waals surface area (Å²) in [7, 11) is 2.10. The van der Waals surface area contributed by atoms with Gasteiger partial charge in [0.25, 0.3) is 0 Å². The van der Waals surface area contributed by atoms with E-state index >= 15 is 0 Å². The van der Waals surface area contributed by atoms with Gasteiger partial charge in [-0.15, -0.1) is 0 Å². The van der Waals surface area contributed by atoms with E-state index in [4.69, 9.17) is 5.73 Å². The number of aliphatic hydroxyl groups is 1. The van der Waals surface area contributed by atoms with Crippen LogP contribution in [0.3, 0.4) is 0 Å². The molecule has 0 aromatic heterocycles. The summed E-state index contributed by atoms with van der Waals surface area (Å²) in [5.41, 5.74) is 6.10. The van der Waals surface area contributed by atoms with Crippen LogP contribution in [0, 0.1) is 11.8 Å². The van der Waals surface area contributed by atoms with E-state index in [0.717, 1.165) is 18.9 Å². The fourth-order valence-electron chi connectivity index (χ4n) is 2.68. The SMILES string of the molecule is CCC1CCC(N)C(CN(C)C(C)(C)CO)C1. The Bertz CT molecular complexity index is 230. The topological polar surface area (TPSA) is 49.5 Å². The summed E-state index contributed by atoms with van der Waals surface area (Å²) in [6, 6.07) is 0.342. The van der Waals surface area contributed by atoms with E-state index in [1.54, 1.807) is 0 Å². The van der Waals surface area contributed by atoms with Gasteiger partial charge in [-0.3, -0.25) is 4.90 Å². The van der Waals surface area contributed by atoms with Crippen LogP contribution in [0.2, 0.25) is 0 Å². The predicted molar refractivity (Wildman–Crippen MR) is 72.9 cm³/mol.